The third kappa shape index (κ3) is 5.34. The molecular formula is C21H15BrFN3O2. The number of aromatic nitrogens is 1. The maximum Gasteiger partial charge on any atom is 0.272 e. The van der Waals surface area contributed by atoms with Crippen LogP contribution in [0.15, 0.2) is 83.2 Å². The van der Waals surface area contributed by atoms with Crippen LogP contribution in [0.3, 0.4) is 0 Å². The molecule has 0 aliphatic heterocycles. The summed E-state index contributed by atoms with van der Waals surface area (Å²) >= 11 is 3.31. The van der Waals surface area contributed by atoms with Crippen LogP contribution in [0.2, 0.25) is 0 Å². The molecule has 0 spiro atoms. The van der Waals surface area contributed by atoms with Crippen LogP contribution >= 0.6 is 15.9 Å². The van der Waals surface area contributed by atoms with E-state index in [1.165, 1.54) is 24.3 Å². The van der Waals surface area contributed by atoms with Crippen LogP contribution in [0, 0.1) is 5.82 Å². The van der Waals surface area contributed by atoms with Gasteiger partial charge >= 0.3 is 0 Å². The van der Waals surface area contributed by atoms with E-state index in [1.54, 1.807) is 54.9 Å². The Kier molecular flexibility index (Phi) is 6.29. The number of benzene rings is 2. The molecule has 1 aromatic heterocycles. The average molecular weight is 440 g/mol. The molecule has 5 nitrogen and oxygen atoms in total. The third-order valence-corrected chi connectivity index (χ3v) is 4.15. The van der Waals surface area contributed by atoms with E-state index in [0.717, 1.165) is 4.47 Å². The summed E-state index contributed by atoms with van der Waals surface area (Å²) in [5, 5.41) is 5.19. The Morgan fingerprint density at radius 1 is 1.04 bits per heavy atom. The van der Waals surface area contributed by atoms with Gasteiger partial charge in [-0.1, -0.05) is 34.1 Å². The van der Waals surface area contributed by atoms with Gasteiger partial charge in [-0.15, -0.1) is 0 Å². The molecule has 3 aromatic rings. The van der Waals surface area contributed by atoms with Crippen molar-refractivity contribution in [2.24, 2.45) is 0 Å². The van der Waals surface area contributed by atoms with E-state index in [1.807, 2.05) is 0 Å². The van der Waals surface area contributed by atoms with Gasteiger partial charge < -0.3 is 10.6 Å². The lowest BCUT2D eigenvalue weighted by atomic mass is 10.2. The highest BCUT2D eigenvalue weighted by Gasteiger charge is 2.15. The number of pyridine rings is 1. The minimum atomic E-state index is -0.585. The van der Waals surface area contributed by atoms with Crippen molar-refractivity contribution in [3.8, 4) is 0 Å². The number of halogens is 2. The summed E-state index contributed by atoms with van der Waals surface area (Å²) in [6, 6.07) is 15.7. The predicted molar refractivity (Wildman–Crippen MR) is 109 cm³/mol. The molecule has 0 aliphatic carbocycles. The molecule has 0 fully saturated rings. The number of nitrogens with zero attached hydrogens (tertiary/aromatic N) is 1. The fourth-order valence-corrected chi connectivity index (χ4v) is 2.77. The van der Waals surface area contributed by atoms with E-state index in [4.69, 9.17) is 0 Å². The lowest BCUT2D eigenvalue weighted by Crippen LogP contribution is -2.30. The first-order chi connectivity index (χ1) is 13.5. The van der Waals surface area contributed by atoms with Crippen molar-refractivity contribution in [2.45, 2.75) is 0 Å². The zero-order chi connectivity index (χ0) is 19.9. The van der Waals surface area contributed by atoms with Gasteiger partial charge in [0.15, 0.2) is 0 Å². The molecule has 28 heavy (non-hydrogen) atoms. The first-order valence-corrected chi connectivity index (χ1v) is 9.06. The van der Waals surface area contributed by atoms with E-state index in [-0.39, 0.29) is 11.4 Å². The van der Waals surface area contributed by atoms with Gasteiger partial charge in [-0.05, 0) is 54.1 Å². The molecule has 2 amide bonds. The smallest absolute Gasteiger partial charge is 0.272 e. The van der Waals surface area contributed by atoms with Crippen LogP contribution < -0.4 is 10.6 Å². The predicted octanol–water partition coefficient (Wildman–Crippen LogP) is 4.39. The van der Waals surface area contributed by atoms with Crippen LogP contribution in [0.4, 0.5) is 10.1 Å². The summed E-state index contributed by atoms with van der Waals surface area (Å²) in [5.74, 6) is -1.52. The summed E-state index contributed by atoms with van der Waals surface area (Å²) in [7, 11) is 0. The van der Waals surface area contributed by atoms with E-state index in [0.29, 0.717) is 11.1 Å². The molecule has 0 saturated heterocycles. The Morgan fingerprint density at radius 2 is 1.86 bits per heavy atom. The highest BCUT2D eigenvalue weighted by molar-refractivity contribution is 9.10. The molecule has 2 aromatic carbocycles. The first-order valence-electron chi connectivity index (χ1n) is 8.27. The Balaban J connectivity index is 1.87. The maximum atomic E-state index is 13.4. The second-order valence-electron chi connectivity index (χ2n) is 5.77. The highest BCUT2D eigenvalue weighted by atomic mass is 79.9. The van der Waals surface area contributed by atoms with E-state index >= 15 is 0 Å². The molecule has 0 saturated carbocycles. The van der Waals surface area contributed by atoms with Gasteiger partial charge in [0.05, 0.1) is 0 Å². The monoisotopic (exact) mass is 439 g/mol. The quantitative estimate of drug-likeness (QED) is 0.579. The van der Waals surface area contributed by atoms with E-state index in [2.05, 4.69) is 31.5 Å². The number of anilines is 1. The van der Waals surface area contributed by atoms with Crippen molar-refractivity contribution in [2.75, 3.05) is 5.32 Å². The van der Waals surface area contributed by atoms with Crippen LogP contribution in [0.5, 0.6) is 0 Å². The highest BCUT2D eigenvalue weighted by Crippen LogP contribution is 2.14. The molecule has 0 radical (unpaired) electrons. The third-order valence-electron chi connectivity index (χ3n) is 3.66. The van der Waals surface area contributed by atoms with Crippen molar-refractivity contribution in [3.63, 3.8) is 0 Å². The fourth-order valence-electron chi connectivity index (χ4n) is 2.38. The van der Waals surface area contributed by atoms with Crippen molar-refractivity contribution < 1.29 is 14.0 Å². The molecule has 1 heterocycles. The number of carbonyl (C=O) groups is 2. The second-order valence-corrected chi connectivity index (χ2v) is 6.69. The number of rotatable bonds is 5. The maximum absolute atomic E-state index is 13.4. The van der Waals surface area contributed by atoms with E-state index < -0.39 is 17.6 Å². The van der Waals surface area contributed by atoms with Gasteiger partial charge in [0.1, 0.15) is 11.5 Å². The molecule has 7 heteroatoms. The van der Waals surface area contributed by atoms with Crippen LogP contribution in [-0.2, 0) is 4.79 Å². The molecule has 0 unspecified atom stereocenters. The van der Waals surface area contributed by atoms with Crippen LogP contribution in [0.1, 0.15) is 15.9 Å². The number of nitrogens with one attached hydrogen (secondary N) is 2. The van der Waals surface area contributed by atoms with Gasteiger partial charge in [0.2, 0.25) is 0 Å². The minimum Gasteiger partial charge on any atom is -0.321 e. The van der Waals surface area contributed by atoms with Gasteiger partial charge in [0, 0.05) is 28.1 Å². The van der Waals surface area contributed by atoms with Gasteiger partial charge in [0.25, 0.3) is 11.8 Å². The zero-order valence-electron chi connectivity index (χ0n) is 14.5. The lowest BCUT2D eigenvalue weighted by molar-refractivity contribution is -0.113. The average Bonchev–Trinajstić information content (AvgIpc) is 2.68. The van der Waals surface area contributed by atoms with Gasteiger partial charge in [-0.3, -0.25) is 14.6 Å². The molecule has 140 valence electrons. The summed E-state index contributed by atoms with van der Waals surface area (Å²) in [5.41, 5.74) is 1.28. The number of carbonyl (C=O) groups excluding carboxylic acids is 2. The van der Waals surface area contributed by atoms with Crippen molar-refractivity contribution in [1.29, 1.82) is 0 Å². The Morgan fingerprint density at radius 3 is 2.57 bits per heavy atom. The summed E-state index contributed by atoms with van der Waals surface area (Å²) in [6.07, 6.45) is 4.65. The Bertz CT molecular complexity index is 1040. The molecule has 3 rings (SSSR count). The van der Waals surface area contributed by atoms with E-state index in [9.17, 15) is 14.0 Å². The lowest BCUT2D eigenvalue weighted by Gasteiger charge is -2.11. The summed E-state index contributed by atoms with van der Waals surface area (Å²) in [4.78, 5) is 29.3. The standard InChI is InChI=1S/C21H15BrFN3O2/c22-16-6-1-5-15(11-16)20(27)26-19(10-14-4-3-9-24-13-14)21(28)25-18-8-2-7-17(23)12-18/h1-13H,(H,25,28)(H,26,27). The van der Waals surface area contributed by atoms with Gasteiger partial charge in [-0.25, -0.2) is 4.39 Å². The normalized spacial score (nSPS) is 11.0. The summed E-state index contributed by atoms with van der Waals surface area (Å²) in [6.45, 7) is 0. The Labute approximate surface area is 169 Å². The molecule has 2 N–H and O–H groups in total. The number of hydrogen-bond donors (Lipinski definition) is 2. The minimum absolute atomic E-state index is 0.00207. The second kappa shape index (κ2) is 9.05. The van der Waals surface area contributed by atoms with Gasteiger partial charge in [-0.2, -0.15) is 0 Å². The number of amides is 2. The fraction of sp³-hybridized carbons (Fsp3) is 0. The SMILES string of the molecule is O=C(Nc1cccc(F)c1)C(=Cc1cccnc1)NC(=O)c1cccc(Br)c1. The van der Waals surface area contributed by atoms with Crippen molar-refractivity contribution in [1.82, 2.24) is 10.3 Å². The number of hydrogen-bond acceptors (Lipinski definition) is 3. The molecule has 0 bridgehead atoms. The van der Waals surface area contributed by atoms with Crippen molar-refractivity contribution >= 4 is 39.5 Å². The summed E-state index contributed by atoms with van der Waals surface area (Å²) < 4.78 is 14.1. The molecule has 0 atom stereocenters. The van der Waals surface area contributed by atoms with Crippen LogP contribution in [-0.4, -0.2) is 16.8 Å². The van der Waals surface area contributed by atoms with Crippen LogP contribution in [0.25, 0.3) is 6.08 Å². The zero-order valence-corrected chi connectivity index (χ0v) is 16.1. The van der Waals surface area contributed by atoms with Crippen molar-refractivity contribution in [3.05, 3.63) is 100 Å². The molecule has 0 aliphatic rings. The topological polar surface area (TPSA) is 71.1 Å². The first kappa shape index (κ1) is 19.4. The molecular weight excluding hydrogens is 425 g/mol. The Hall–Kier alpha value is -3.32. The largest absolute Gasteiger partial charge is 0.321 e.